The molecule has 0 aliphatic rings. The maximum absolute atomic E-state index is 11.2. The van der Waals surface area contributed by atoms with Crippen LogP contribution in [0.3, 0.4) is 0 Å². The van der Waals surface area contributed by atoms with Crippen molar-refractivity contribution in [2.24, 2.45) is 5.73 Å². The third-order valence-electron chi connectivity index (χ3n) is 2.32. The third-order valence-corrected chi connectivity index (χ3v) is 3.71. The molecule has 94 valence electrons. The van der Waals surface area contributed by atoms with E-state index in [1.165, 1.54) is 0 Å². The first-order valence-corrected chi connectivity index (χ1v) is 7.06. The second kappa shape index (κ2) is 5.96. The summed E-state index contributed by atoms with van der Waals surface area (Å²) in [6, 6.07) is 6.74. The van der Waals surface area contributed by atoms with Crippen molar-refractivity contribution in [1.29, 1.82) is 0 Å². The summed E-state index contributed by atoms with van der Waals surface area (Å²) < 4.78 is 16.1. The smallest absolute Gasteiger partial charge is 0.327 e. The highest BCUT2D eigenvalue weighted by Gasteiger charge is 2.14. The first kappa shape index (κ1) is 13.9. The lowest BCUT2D eigenvalue weighted by Gasteiger charge is -2.09. The summed E-state index contributed by atoms with van der Waals surface area (Å²) in [6.45, 7) is 1.78. The highest BCUT2D eigenvalue weighted by molar-refractivity contribution is 7.52. The van der Waals surface area contributed by atoms with Gasteiger partial charge in [-0.15, -0.1) is 0 Å². The Morgan fingerprint density at radius 2 is 2.00 bits per heavy atom. The molecule has 1 aromatic carbocycles. The normalized spacial score (nSPS) is 14.2. The molecule has 0 aliphatic carbocycles. The molecule has 1 aromatic rings. The van der Waals surface area contributed by atoms with Crippen molar-refractivity contribution in [3.8, 4) is 0 Å². The van der Waals surface area contributed by atoms with Gasteiger partial charge in [0.25, 0.3) is 0 Å². The van der Waals surface area contributed by atoms with E-state index in [1.807, 2.05) is 0 Å². The SMILES string of the molecule is CCP(=O)(O)OCCc1ccc(C(N)=O)cc1. The van der Waals surface area contributed by atoms with E-state index in [2.05, 4.69) is 0 Å². The molecule has 1 atom stereocenters. The molecule has 0 aliphatic heterocycles. The van der Waals surface area contributed by atoms with Crippen LogP contribution >= 0.6 is 7.60 Å². The number of carbonyl (C=O) groups is 1. The Bertz CT molecular complexity index is 430. The second-order valence-electron chi connectivity index (χ2n) is 3.60. The van der Waals surface area contributed by atoms with Crippen LogP contribution in [0.25, 0.3) is 0 Å². The van der Waals surface area contributed by atoms with Gasteiger partial charge in [-0.3, -0.25) is 9.36 Å². The fraction of sp³-hybridized carbons (Fsp3) is 0.364. The Hall–Kier alpha value is -1.16. The minimum absolute atomic E-state index is 0.105. The summed E-state index contributed by atoms with van der Waals surface area (Å²) in [4.78, 5) is 20.0. The quantitative estimate of drug-likeness (QED) is 0.756. The Labute approximate surface area is 100 Å². The zero-order chi connectivity index (χ0) is 12.9. The summed E-state index contributed by atoms with van der Waals surface area (Å²) in [5.41, 5.74) is 6.47. The summed E-state index contributed by atoms with van der Waals surface area (Å²) in [5, 5.41) is 0. The van der Waals surface area contributed by atoms with Gasteiger partial charge in [-0.25, -0.2) is 0 Å². The fourth-order valence-corrected chi connectivity index (χ4v) is 1.79. The van der Waals surface area contributed by atoms with E-state index in [0.29, 0.717) is 12.0 Å². The Kier molecular flexibility index (Phi) is 4.87. The average Bonchev–Trinajstić information content (AvgIpc) is 2.29. The van der Waals surface area contributed by atoms with Crippen molar-refractivity contribution < 1.29 is 18.8 Å². The molecule has 1 rings (SSSR count). The van der Waals surface area contributed by atoms with Gasteiger partial charge in [0.05, 0.1) is 6.61 Å². The summed E-state index contributed by atoms with van der Waals surface area (Å²) in [7, 11) is -3.41. The molecular formula is C11H16NO4P. The van der Waals surface area contributed by atoms with Gasteiger partial charge in [0.1, 0.15) is 0 Å². The standard InChI is InChI=1S/C11H16NO4P/c1-2-17(14,15)16-8-7-9-3-5-10(6-4-9)11(12)13/h3-6H,2,7-8H2,1H3,(H2,12,13)(H,14,15). The molecular weight excluding hydrogens is 241 g/mol. The maximum Gasteiger partial charge on any atom is 0.327 e. The fourth-order valence-electron chi connectivity index (χ4n) is 1.23. The third kappa shape index (κ3) is 4.69. The van der Waals surface area contributed by atoms with Crippen molar-refractivity contribution in [2.45, 2.75) is 13.3 Å². The number of amides is 1. The van der Waals surface area contributed by atoms with Gasteiger partial charge in [0.2, 0.25) is 5.91 Å². The van der Waals surface area contributed by atoms with Crippen LogP contribution in [-0.4, -0.2) is 23.6 Å². The maximum atomic E-state index is 11.2. The number of hydrogen-bond donors (Lipinski definition) is 2. The molecule has 1 unspecified atom stereocenters. The topological polar surface area (TPSA) is 89.6 Å². The molecule has 0 heterocycles. The van der Waals surface area contributed by atoms with Gasteiger partial charge in [0, 0.05) is 11.7 Å². The van der Waals surface area contributed by atoms with Gasteiger partial charge in [-0.05, 0) is 24.1 Å². The number of carbonyl (C=O) groups excluding carboxylic acids is 1. The van der Waals surface area contributed by atoms with Gasteiger partial charge in [-0.1, -0.05) is 19.1 Å². The zero-order valence-electron chi connectivity index (χ0n) is 9.63. The van der Waals surface area contributed by atoms with Crippen LogP contribution in [0.5, 0.6) is 0 Å². The molecule has 3 N–H and O–H groups in total. The lowest BCUT2D eigenvalue weighted by molar-refractivity contribution is 0.100. The van der Waals surface area contributed by atoms with Gasteiger partial charge in [-0.2, -0.15) is 0 Å². The lowest BCUT2D eigenvalue weighted by atomic mass is 10.1. The van der Waals surface area contributed by atoms with Gasteiger partial charge >= 0.3 is 7.60 Å². The van der Waals surface area contributed by atoms with E-state index in [9.17, 15) is 14.3 Å². The molecule has 5 nitrogen and oxygen atoms in total. The molecule has 1 amide bonds. The zero-order valence-corrected chi connectivity index (χ0v) is 10.5. The monoisotopic (exact) mass is 257 g/mol. The number of hydrogen-bond acceptors (Lipinski definition) is 3. The average molecular weight is 257 g/mol. The van der Waals surface area contributed by atoms with E-state index in [-0.39, 0.29) is 12.8 Å². The van der Waals surface area contributed by atoms with E-state index >= 15 is 0 Å². The summed E-state index contributed by atoms with van der Waals surface area (Å²) >= 11 is 0. The van der Waals surface area contributed by atoms with Crippen molar-refractivity contribution in [3.05, 3.63) is 35.4 Å². The van der Waals surface area contributed by atoms with Crippen molar-refractivity contribution in [2.75, 3.05) is 12.8 Å². The molecule has 0 saturated heterocycles. The highest BCUT2D eigenvalue weighted by atomic mass is 31.2. The number of rotatable bonds is 6. The van der Waals surface area contributed by atoms with Gasteiger partial charge in [0.15, 0.2) is 0 Å². The second-order valence-corrected chi connectivity index (χ2v) is 5.76. The van der Waals surface area contributed by atoms with Crippen LogP contribution in [-0.2, 0) is 15.5 Å². The van der Waals surface area contributed by atoms with E-state index < -0.39 is 13.5 Å². The van der Waals surface area contributed by atoms with Crippen LogP contribution in [0.1, 0.15) is 22.8 Å². The van der Waals surface area contributed by atoms with Crippen LogP contribution in [0.4, 0.5) is 0 Å². The summed E-state index contributed by atoms with van der Waals surface area (Å²) in [6.07, 6.45) is 0.622. The Morgan fingerprint density at radius 1 is 1.41 bits per heavy atom. The Morgan fingerprint density at radius 3 is 2.47 bits per heavy atom. The van der Waals surface area contributed by atoms with Crippen molar-refractivity contribution >= 4 is 13.5 Å². The van der Waals surface area contributed by atoms with E-state index in [1.54, 1.807) is 31.2 Å². The molecule has 0 aromatic heterocycles. The first-order chi connectivity index (χ1) is 7.94. The predicted molar refractivity (Wildman–Crippen MR) is 65.0 cm³/mol. The molecule has 0 saturated carbocycles. The van der Waals surface area contributed by atoms with Crippen LogP contribution < -0.4 is 5.73 Å². The van der Waals surface area contributed by atoms with E-state index in [0.717, 1.165) is 5.56 Å². The summed E-state index contributed by atoms with van der Waals surface area (Å²) in [5.74, 6) is -0.473. The minimum Gasteiger partial charge on any atom is -0.366 e. The first-order valence-electron chi connectivity index (χ1n) is 5.29. The highest BCUT2D eigenvalue weighted by Crippen LogP contribution is 2.40. The van der Waals surface area contributed by atoms with Crippen LogP contribution in [0, 0.1) is 0 Å². The van der Waals surface area contributed by atoms with Gasteiger partial charge < -0.3 is 15.2 Å². The minimum atomic E-state index is -3.41. The molecule has 0 radical (unpaired) electrons. The lowest BCUT2D eigenvalue weighted by Crippen LogP contribution is -2.10. The van der Waals surface area contributed by atoms with Crippen molar-refractivity contribution in [1.82, 2.24) is 0 Å². The molecule has 0 fully saturated rings. The van der Waals surface area contributed by atoms with Crippen molar-refractivity contribution in [3.63, 3.8) is 0 Å². The molecule has 0 spiro atoms. The van der Waals surface area contributed by atoms with Crippen LogP contribution in [0.2, 0.25) is 0 Å². The number of benzene rings is 1. The number of nitrogens with two attached hydrogens (primary N) is 1. The molecule has 17 heavy (non-hydrogen) atoms. The largest absolute Gasteiger partial charge is 0.366 e. The van der Waals surface area contributed by atoms with Crippen LogP contribution in [0.15, 0.2) is 24.3 Å². The predicted octanol–water partition coefficient (Wildman–Crippen LogP) is 1.55. The molecule has 6 heteroatoms. The molecule has 0 bridgehead atoms. The Balaban J connectivity index is 2.48. The van der Waals surface area contributed by atoms with E-state index in [4.69, 9.17) is 10.3 Å². The number of primary amides is 1.